The van der Waals surface area contributed by atoms with Crippen LogP contribution in [0.25, 0.3) is 0 Å². The Balaban J connectivity index is 1.68. The molecule has 0 radical (unpaired) electrons. The van der Waals surface area contributed by atoms with Gasteiger partial charge in [-0.05, 0) is 24.3 Å². The van der Waals surface area contributed by atoms with E-state index in [4.69, 9.17) is 19.2 Å². The molecular weight excluding hydrogens is 256 g/mol. The van der Waals surface area contributed by atoms with E-state index >= 15 is 0 Å². The van der Waals surface area contributed by atoms with Crippen LogP contribution in [0.4, 0.5) is 5.69 Å². The molecule has 3 rings (SSSR count). The van der Waals surface area contributed by atoms with Gasteiger partial charge in [-0.15, -0.1) is 0 Å². The molecule has 0 fully saturated rings. The van der Waals surface area contributed by atoms with Gasteiger partial charge in [-0.2, -0.15) is 5.26 Å². The average molecular weight is 270 g/mol. The maximum absolute atomic E-state index is 8.70. The number of fused-ring (bicyclic) bond motifs is 1. The van der Waals surface area contributed by atoms with Crippen LogP contribution in [0.15, 0.2) is 34.7 Å². The Kier molecular flexibility index (Phi) is 3.46. The summed E-state index contributed by atoms with van der Waals surface area (Å²) in [7, 11) is 0. The zero-order valence-electron chi connectivity index (χ0n) is 10.9. The first-order chi connectivity index (χ1) is 9.85. The van der Waals surface area contributed by atoms with Gasteiger partial charge in [0.05, 0.1) is 19.8 Å². The second-order valence-corrected chi connectivity index (χ2v) is 4.44. The average Bonchev–Trinajstić information content (AvgIpc) is 2.82. The first-order valence-corrected chi connectivity index (χ1v) is 6.47. The summed E-state index contributed by atoms with van der Waals surface area (Å²) in [5, 5.41) is 11.9. The first-order valence-electron chi connectivity index (χ1n) is 6.47. The molecule has 0 saturated heterocycles. The van der Waals surface area contributed by atoms with Crippen molar-refractivity contribution in [3.8, 4) is 17.6 Å². The van der Waals surface area contributed by atoms with E-state index in [1.165, 1.54) is 0 Å². The first kappa shape index (κ1) is 12.4. The second kappa shape index (κ2) is 5.57. The number of furan rings is 1. The van der Waals surface area contributed by atoms with Crippen molar-refractivity contribution in [2.75, 3.05) is 18.5 Å². The van der Waals surface area contributed by atoms with Crippen molar-refractivity contribution in [2.24, 2.45) is 0 Å². The summed E-state index contributed by atoms with van der Waals surface area (Å²) in [6.07, 6.45) is 0.890. The normalized spacial score (nSPS) is 13.3. The van der Waals surface area contributed by atoms with Crippen LogP contribution in [0.5, 0.6) is 11.5 Å². The van der Waals surface area contributed by atoms with Crippen LogP contribution >= 0.6 is 0 Å². The van der Waals surface area contributed by atoms with Gasteiger partial charge in [0, 0.05) is 18.2 Å². The highest BCUT2D eigenvalue weighted by molar-refractivity contribution is 5.55. The van der Waals surface area contributed by atoms with E-state index < -0.39 is 0 Å². The molecule has 1 N–H and O–H groups in total. The monoisotopic (exact) mass is 270 g/mol. The third-order valence-electron chi connectivity index (χ3n) is 2.99. The topological polar surface area (TPSA) is 67.4 Å². The van der Waals surface area contributed by atoms with Gasteiger partial charge in [0.2, 0.25) is 5.76 Å². The van der Waals surface area contributed by atoms with E-state index in [2.05, 4.69) is 5.32 Å². The third kappa shape index (κ3) is 2.69. The fourth-order valence-electron chi connectivity index (χ4n) is 2.00. The largest absolute Gasteiger partial charge is 0.490 e. The lowest BCUT2D eigenvalue weighted by Gasteiger charge is -2.10. The maximum atomic E-state index is 8.70. The molecule has 1 aliphatic rings. The molecule has 0 saturated carbocycles. The van der Waals surface area contributed by atoms with Crippen molar-refractivity contribution < 1.29 is 13.9 Å². The standard InChI is InChI=1S/C15H14N2O3/c16-9-12-3-4-13(20-12)10-17-11-2-5-14-15(8-11)19-7-1-6-18-14/h2-5,8,17H,1,6-7,10H2. The highest BCUT2D eigenvalue weighted by Gasteiger charge is 2.10. The molecule has 1 aromatic heterocycles. The van der Waals surface area contributed by atoms with Crippen molar-refractivity contribution in [2.45, 2.75) is 13.0 Å². The molecule has 0 unspecified atom stereocenters. The van der Waals surface area contributed by atoms with Gasteiger partial charge in [0.25, 0.3) is 0 Å². The van der Waals surface area contributed by atoms with Crippen molar-refractivity contribution in [3.05, 3.63) is 41.9 Å². The molecule has 5 heteroatoms. The molecule has 0 atom stereocenters. The Morgan fingerprint density at radius 2 is 1.95 bits per heavy atom. The molecule has 20 heavy (non-hydrogen) atoms. The summed E-state index contributed by atoms with van der Waals surface area (Å²) < 4.78 is 16.5. The molecule has 1 aromatic carbocycles. The van der Waals surface area contributed by atoms with Gasteiger partial charge in [-0.3, -0.25) is 0 Å². The van der Waals surface area contributed by atoms with Crippen molar-refractivity contribution in [3.63, 3.8) is 0 Å². The molecule has 1 aliphatic heterocycles. The van der Waals surface area contributed by atoms with Crippen LogP contribution in [0.2, 0.25) is 0 Å². The van der Waals surface area contributed by atoms with E-state index in [0.29, 0.717) is 31.3 Å². The third-order valence-corrected chi connectivity index (χ3v) is 2.99. The van der Waals surface area contributed by atoms with Crippen LogP contribution in [0.3, 0.4) is 0 Å². The number of nitriles is 1. The molecule has 0 amide bonds. The van der Waals surface area contributed by atoms with Gasteiger partial charge in [-0.1, -0.05) is 0 Å². The molecular formula is C15H14N2O3. The molecule has 5 nitrogen and oxygen atoms in total. The van der Waals surface area contributed by atoms with Gasteiger partial charge in [0.1, 0.15) is 11.8 Å². The van der Waals surface area contributed by atoms with Gasteiger partial charge in [0.15, 0.2) is 11.5 Å². The number of rotatable bonds is 3. The van der Waals surface area contributed by atoms with Crippen LogP contribution in [-0.2, 0) is 6.54 Å². The highest BCUT2D eigenvalue weighted by Crippen LogP contribution is 2.32. The Labute approximate surface area is 116 Å². The zero-order valence-corrected chi connectivity index (χ0v) is 10.9. The van der Waals surface area contributed by atoms with Crippen LogP contribution in [0.1, 0.15) is 17.9 Å². The Morgan fingerprint density at radius 3 is 2.75 bits per heavy atom. The van der Waals surface area contributed by atoms with Crippen LogP contribution < -0.4 is 14.8 Å². The number of hydrogen-bond donors (Lipinski definition) is 1. The molecule has 0 spiro atoms. The van der Waals surface area contributed by atoms with Gasteiger partial charge < -0.3 is 19.2 Å². The fourth-order valence-corrected chi connectivity index (χ4v) is 2.00. The van der Waals surface area contributed by atoms with Crippen LogP contribution in [0, 0.1) is 11.3 Å². The van der Waals surface area contributed by atoms with E-state index in [1.807, 2.05) is 24.3 Å². The summed E-state index contributed by atoms with van der Waals surface area (Å²) in [6.45, 7) is 1.87. The van der Waals surface area contributed by atoms with Gasteiger partial charge >= 0.3 is 0 Å². The lowest BCUT2D eigenvalue weighted by Crippen LogP contribution is -1.99. The number of benzene rings is 1. The number of ether oxygens (including phenoxy) is 2. The lowest BCUT2D eigenvalue weighted by atomic mass is 10.2. The number of anilines is 1. The van der Waals surface area contributed by atoms with Crippen molar-refractivity contribution >= 4 is 5.69 Å². The number of nitrogens with one attached hydrogen (secondary N) is 1. The van der Waals surface area contributed by atoms with E-state index in [0.717, 1.165) is 23.6 Å². The SMILES string of the molecule is N#Cc1ccc(CNc2ccc3c(c2)OCCCO3)o1. The number of hydrogen-bond acceptors (Lipinski definition) is 5. The summed E-state index contributed by atoms with van der Waals surface area (Å²) in [6, 6.07) is 11.1. The zero-order chi connectivity index (χ0) is 13.8. The summed E-state index contributed by atoms with van der Waals surface area (Å²) in [5.74, 6) is 2.57. The second-order valence-electron chi connectivity index (χ2n) is 4.44. The minimum Gasteiger partial charge on any atom is -0.490 e. The molecule has 2 aromatic rings. The smallest absolute Gasteiger partial charge is 0.203 e. The molecule has 0 aliphatic carbocycles. The lowest BCUT2D eigenvalue weighted by molar-refractivity contribution is 0.297. The minimum atomic E-state index is 0.320. The predicted octanol–water partition coefficient (Wildman–Crippen LogP) is 2.92. The Morgan fingerprint density at radius 1 is 1.10 bits per heavy atom. The van der Waals surface area contributed by atoms with E-state index in [-0.39, 0.29) is 0 Å². The highest BCUT2D eigenvalue weighted by atomic mass is 16.5. The predicted molar refractivity (Wildman–Crippen MR) is 72.8 cm³/mol. The minimum absolute atomic E-state index is 0.320. The van der Waals surface area contributed by atoms with E-state index in [1.54, 1.807) is 12.1 Å². The summed E-state index contributed by atoms with van der Waals surface area (Å²) in [5.41, 5.74) is 0.921. The maximum Gasteiger partial charge on any atom is 0.203 e. The summed E-state index contributed by atoms with van der Waals surface area (Å²) >= 11 is 0. The molecule has 0 bridgehead atoms. The van der Waals surface area contributed by atoms with Crippen LogP contribution in [-0.4, -0.2) is 13.2 Å². The van der Waals surface area contributed by atoms with Crippen molar-refractivity contribution in [1.29, 1.82) is 5.26 Å². The quantitative estimate of drug-likeness (QED) is 0.928. The number of nitrogens with zero attached hydrogens (tertiary/aromatic N) is 1. The van der Waals surface area contributed by atoms with Crippen molar-refractivity contribution in [1.82, 2.24) is 0 Å². The molecule has 102 valence electrons. The van der Waals surface area contributed by atoms with Gasteiger partial charge in [-0.25, -0.2) is 0 Å². The molecule has 2 heterocycles. The summed E-state index contributed by atoms with van der Waals surface area (Å²) in [4.78, 5) is 0. The Hall–Kier alpha value is -2.61. The van der Waals surface area contributed by atoms with E-state index in [9.17, 15) is 0 Å². The fraction of sp³-hybridized carbons (Fsp3) is 0.267. The Bertz CT molecular complexity index is 643.